The van der Waals surface area contributed by atoms with Crippen LogP contribution in [0.1, 0.15) is 50.6 Å². The highest BCUT2D eigenvalue weighted by Gasteiger charge is 2.42. The third-order valence-electron chi connectivity index (χ3n) is 3.92. The molecule has 0 saturated carbocycles. The Morgan fingerprint density at radius 2 is 2.05 bits per heavy atom. The molecule has 1 aliphatic heterocycles. The molecule has 1 fully saturated rings. The van der Waals surface area contributed by atoms with E-state index in [1.807, 2.05) is 27.7 Å². The molecule has 7 nitrogen and oxygen atoms in total. The van der Waals surface area contributed by atoms with Crippen LogP contribution in [0, 0.1) is 5.41 Å². The molecule has 2 rings (SSSR count). The van der Waals surface area contributed by atoms with Crippen LogP contribution in [0.25, 0.3) is 0 Å². The lowest BCUT2D eigenvalue weighted by Gasteiger charge is -2.22. The Morgan fingerprint density at radius 1 is 1.38 bits per heavy atom. The van der Waals surface area contributed by atoms with Crippen molar-refractivity contribution in [1.82, 2.24) is 25.4 Å². The van der Waals surface area contributed by atoms with Crippen molar-refractivity contribution in [3.05, 3.63) is 11.6 Å². The number of nitrogens with one attached hydrogen (secondary N) is 2. The van der Waals surface area contributed by atoms with Crippen LogP contribution >= 0.6 is 0 Å². The zero-order valence-corrected chi connectivity index (χ0v) is 13.3. The van der Waals surface area contributed by atoms with E-state index >= 15 is 0 Å². The quantitative estimate of drug-likeness (QED) is 0.839. The topological polar surface area (TPSA) is 91.0 Å². The Kier molecular flexibility index (Phi) is 3.78. The fourth-order valence-corrected chi connectivity index (χ4v) is 2.46. The highest BCUT2D eigenvalue weighted by atomic mass is 16.2. The van der Waals surface area contributed by atoms with Gasteiger partial charge >= 0.3 is 0 Å². The van der Waals surface area contributed by atoms with Gasteiger partial charge in [0.1, 0.15) is 5.82 Å². The molecule has 1 aromatic heterocycles. The van der Waals surface area contributed by atoms with Crippen molar-refractivity contribution in [2.75, 3.05) is 20.1 Å². The zero-order valence-electron chi connectivity index (χ0n) is 13.3. The minimum atomic E-state index is -0.534. The third-order valence-corrected chi connectivity index (χ3v) is 3.92. The maximum atomic E-state index is 12.4. The van der Waals surface area contributed by atoms with Gasteiger partial charge in [0.25, 0.3) is 5.91 Å². The molecule has 0 bridgehead atoms. The van der Waals surface area contributed by atoms with Crippen molar-refractivity contribution in [2.45, 2.75) is 39.5 Å². The predicted molar refractivity (Wildman–Crippen MR) is 77.8 cm³/mol. The maximum absolute atomic E-state index is 12.4. The lowest BCUT2D eigenvalue weighted by atomic mass is 9.89. The number of likely N-dealkylation sites (tertiary alicyclic amines) is 1. The maximum Gasteiger partial charge on any atom is 0.293 e. The standard InChI is InChI=1S/C14H23N5O2/c1-13(2,3)11-16-9(17-18-11)10(20)19-7-6-14(4,8-19)12(21)15-5/h6-8H2,1-5H3,(H,15,21)(H,16,17,18). The Morgan fingerprint density at radius 3 is 2.57 bits per heavy atom. The fraction of sp³-hybridized carbons (Fsp3) is 0.714. The average Bonchev–Trinajstić information content (AvgIpc) is 3.04. The van der Waals surface area contributed by atoms with Crippen molar-refractivity contribution in [1.29, 1.82) is 0 Å². The number of nitrogens with zero attached hydrogens (tertiary/aromatic N) is 3. The molecule has 1 atom stereocenters. The van der Waals surface area contributed by atoms with Crippen molar-refractivity contribution >= 4 is 11.8 Å². The monoisotopic (exact) mass is 293 g/mol. The number of H-pyrrole nitrogens is 1. The predicted octanol–water partition coefficient (Wildman–Crippen LogP) is 0.700. The molecular formula is C14H23N5O2. The molecule has 0 aromatic carbocycles. The van der Waals surface area contributed by atoms with Crippen molar-refractivity contribution in [3.63, 3.8) is 0 Å². The van der Waals surface area contributed by atoms with Gasteiger partial charge in [-0.05, 0) is 13.3 Å². The summed E-state index contributed by atoms with van der Waals surface area (Å²) in [7, 11) is 1.61. The molecular weight excluding hydrogens is 270 g/mol. The van der Waals surface area contributed by atoms with Crippen molar-refractivity contribution < 1.29 is 9.59 Å². The number of hydrogen-bond acceptors (Lipinski definition) is 4. The summed E-state index contributed by atoms with van der Waals surface area (Å²) < 4.78 is 0. The third kappa shape index (κ3) is 2.91. The van der Waals surface area contributed by atoms with Crippen LogP contribution in [-0.2, 0) is 10.2 Å². The van der Waals surface area contributed by atoms with E-state index in [1.165, 1.54) is 0 Å². The SMILES string of the molecule is CNC(=O)C1(C)CCN(C(=O)c2n[nH]c(C(C)(C)C)n2)C1. The molecule has 2 amide bonds. The summed E-state index contributed by atoms with van der Waals surface area (Å²) in [5.41, 5.74) is -0.722. The van der Waals surface area contributed by atoms with Gasteiger partial charge in [0.2, 0.25) is 11.7 Å². The minimum Gasteiger partial charge on any atom is -0.359 e. The van der Waals surface area contributed by atoms with Gasteiger partial charge in [-0.15, -0.1) is 5.10 Å². The summed E-state index contributed by atoms with van der Waals surface area (Å²) in [5.74, 6) is 0.581. The number of rotatable bonds is 2. The summed E-state index contributed by atoms with van der Waals surface area (Å²) in [6.45, 7) is 8.81. The molecule has 0 radical (unpaired) electrons. The van der Waals surface area contributed by atoms with Crippen LogP contribution in [0.4, 0.5) is 0 Å². The molecule has 116 valence electrons. The first-order valence-electron chi connectivity index (χ1n) is 7.12. The van der Waals surface area contributed by atoms with Crippen LogP contribution < -0.4 is 5.32 Å². The summed E-state index contributed by atoms with van der Waals surface area (Å²) in [6.07, 6.45) is 0.648. The molecule has 7 heteroatoms. The average molecular weight is 293 g/mol. The summed E-state index contributed by atoms with van der Waals surface area (Å²) in [5, 5.41) is 9.49. The first-order valence-corrected chi connectivity index (χ1v) is 7.12. The van der Waals surface area contributed by atoms with Crippen LogP contribution in [0.2, 0.25) is 0 Å². The first kappa shape index (κ1) is 15.5. The Labute approximate surface area is 124 Å². The number of carbonyl (C=O) groups is 2. The molecule has 2 N–H and O–H groups in total. The second kappa shape index (κ2) is 5.13. The van der Waals surface area contributed by atoms with Gasteiger partial charge in [-0.3, -0.25) is 14.7 Å². The minimum absolute atomic E-state index is 0.0387. The second-order valence-electron chi connectivity index (χ2n) is 6.87. The molecule has 1 saturated heterocycles. The van der Waals surface area contributed by atoms with E-state index in [4.69, 9.17) is 0 Å². The van der Waals surface area contributed by atoms with Gasteiger partial charge in [0.05, 0.1) is 5.41 Å². The molecule has 21 heavy (non-hydrogen) atoms. The van der Waals surface area contributed by atoms with E-state index in [1.54, 1.807) is 11.9 Å². The number of aromatic amines is 1. The van der Waals surface area contributed by atoms with E-state index < -0.39 is 5.41 Å². The number of hydrogen-bond donors (Lipinski definition) is 2. The van der Waals surface area contributed by atoms with Crippen LogP contribution in [0.3, 0.4) is 0 Å². The fourth-order valence-electron chi connectivity index (χ4n) is 2.46. The Hall–Kier alpha value is -1.92. The molecule has 2 heterocycles. The lowest BCUT2D eigenvalue weighted by Crippen LogP contribution is -2.40. The number of aromatic nitrogens is 3. The molecule has 1 aromatic rings. The number of amides is 2. The molecule has 0 aliphatic carbocycles. The summed E-state index contributed by atoms with van der Waals surface area (Å²) >= 11 is 0. The van der Waals surface area contributed by atoms with E-state index in [0.717, 1.165) is 0 Å². The van der Waals surface area contributed by atoms with Crippen molar-refractivity contribution in [3.8, 4) is 0 Å². The van der Waals surface area contributed by atoms with Gasteiger partial charge in [-0.1, -0.05) is 20.8 Å². The summed E-state index contributed by atoms with van der Waals surface area (Å²) in [6, 6.07) is 0. The van der Waals surface area contributed by atoms with E-state index in [9.17, 15) is 9.59 Å². The van der Waals surface area contributed by atoms with Gasteiger partial charge in [-0.25, -0.2) is 4.98 Å². The lowest BCUT2D eigenvalue weighted by molar-refractivity contribution is -0.128. The first-order chi connectivity index (χ1) is 9.67. The van der Waals surface area contributed by atoms with Gasteiger partial charge in [0, 0.05) is 25.6 Å². The van der Waals surface area contributed by atoms with Crippen LogP contribution in [-0.4, -0.2) is 52.0 Å². The normalized spacial score (nSPS) is 22.4. The number of carbonyl (C=O) groups excluding carboxylic acids is 2. The smallest absolute Gasteiger partial charge is 0.293 e. The second-order valence-corrected chi connectivity index (χ2v) is 6.87. The van der Waals surface area contributed by atoms with Gasteiger partial charge in [0.15, 0.2) is 0 Å². The highest BCUT2D eigenvalue weighted by Crippen LogP contribution is 2.30. The Balaban J connectivity index is 2.12. The summed E-state index contributed by atoms with van der Waals surface area (Å²) in [4.78, 5) is 30.2. The van der Waals surface area contributed by atoms with Crippen molar-refractivity contribution in [2.24, 2.45) is 5.41 Å². The van der Waals surface area contributed by atoms with Gasteiger partial charge in [-0.2, -0.15) is 0 Å². The Bertz CT molecular complexity index is 560. The van der Waals surface area contributed by atoms with Gasteiger partial charge < -0.3 is 10.2 Å². The van der Waals surface area contributed by atoms with E-state index in [-0.39, 0.29) is 23.1 Å². The zero-order chi connectivity index (χ0) is 15.8. The highest BCUT2D eigenvalue weighted by molar-refractivity contribution is 5.92. The van der Waals surface area contributed by atoms with E-state index in [0.29, 0.717) is 25.3 Å². The van der Waals surface area contributed by atoms with E-state index in [2.05, 4.69) is 20.5 Å². The van der Waals surface area contributed by atoms with Crippen LogP contribution in [0.5, 0.6) is 0 Å². The molecule has 1 unspecified atom stereocenters. The molecule has 0 spiro atoms. The molecule has 1 aliphatic rings. The largest absolute Gasteiger partial charge is 0.359 e. The van der Waals surface area contributed by atoms with Crippen LogP contribution in [0.15, 0.2) is 0 Å².